The molecular weight excluding hydrogens is 404 g/mol. The Morgan fingerprint density at radius 3 is 2.53 bits per heavy atom. The molecule has 0 aliphatic heterocycles. The summed E-state index contributed by atoms with van der Waals surface area (Å²) in [6.45, 7) is 8.30. The topological polar surface area (TPSA) is 76.6 Å². The van der Waals surface area contributed by atoms with E-state index < -0.39 is 0 Å². The van der Waals surface area contributed by atoms with Crippen LogP contribution in [0.25, 0.3) is 10.8 Å². The van der Waals surface area contributed by atoms with Crippen molar-refractivity contribution < 1.29 is 14.3 Å². The molecule has 3 aromatic rings. The van der Waals surface area contributed by atoms with Gasteiger partial charge in [0.2, 0.25) is 0 Å². The van der Waals surface area contributed by atoms with Crippen molar-refractivity contribution in [3.63, 3.8) is 0 Å². The number of aromatic nitrogens is 2. The summed E-state index contributed by atoms with van der Waals surface area (Å²) in [5.74, 6) is 1.03. The van der Waals surface area contributed by atoms with Gasteiger partial charge in [-0.2, -0.15) is 9.97 Å². The van der Waals surface area contributed by atoms with E-state index in [9.17, 15) is 4.79 Å². The van der Waals surface area contributed by atoms with E-state index in [0.29, 0.717) is 23.9 Å². The molecule has 0 fully saturated rings. The van der Waals surface area contributed by atoms with Crippen LogP contribution in [0.4, 0.5) is 11.5 Å². The lowest BCUT2D eigenvalue weighted by molar-refractivity contribution is 0.102. The van der Waals surface area contributed by atoms with Crippen molar-refractivity contribution in [2.24, 2.45) is 0 Å². The van der Waals surface area contributed by atoms with Crippen LogP contribution in [0.1, 0.15) is 50.5 Å². The third kappa shape index (κ3) is 5.66. The van der Waals surface area contributed by atoms with Crippen LogP contribution in [0.2, 0.25) is 0 Å². The maximum absolute atomic E-state index is 13.2. The first-order valence-electron chi connectivity index (χ1n) is 11.2. The highest BCUT2D eigenvalue weighted by Gasteiger charge is 2.17. The van der Waals surface area contributed by atoms with Crippen molar-refractivity contribution >= 4 is 28.2 Å². The minimum atomic E-state index is -0.322. The van der Waals surface area contributed by atoms with Crippen molar-refractivity contribution in [3.05, 3.63) is 48.2 Å². The van der Waals surface area contributed by atoms with Crippen LogP contribution in [0, 0.1) is 0 Å². The Bertz CT molecular complexity index is 1050. The SMILES string of the molecule is CCCCCOc1nc(C(=O)Nc2cc(OC)cc3ccccc23)cc(N(CC)CC)n1. The third-order valence-corrected chi connectivity index (χ3v) is 5.31. The monoisotopic (exact) mass is 436 g/mol. The van der Waals surface area contributed by atoms with E-state index in [1.54, 1.807) is 13.2 Å². The molecule has 7 heteroatoms. The zero-order valence-corrected chi connectivity index (χ0v) is 19.4. The summed E-state index contributed by atoms with van der Waals surface area (Å²) in [7, 11) is 1.61. The van der Waals surface area contributed by atoms with E-state index in [4.69, 9.17) is 9.47 Å². The predicted octanol–water partition coefficient (Wildman–Crippen LogP) is 5.31. The summed E-state index contributed by atoms with van der Waals surface area (Å²) in [4.78, 5) is 24.2. The van der Waals surface area contributed by atoms with E-state index in [0.717, 1.165) is 43.1 Å². The quantitative estimate of drug-likeness (QED) is 0.411. The fourth-order valence-electron chi connectivity index (χ4n) is 3.51. The highest BCUT2D eigenvalue weighted by Crippen LogP contribution is 2.30. The Kier molecular flexibility index (Phi) is 8.25. The van der Waals surface area contributed by atoms with E-state index in [1.807, 2.05) is 36.4 Å². The zero-order valence-electron chi connectivity index (χ0n) is 19.4. The van der Waals surface area contributed by atoms with Crippen LogP contribution >= 0.6 is 0 Å². The highest BCUT2D eigenvalue weighted by molar-refractivity contribution is 6.09. The van der Waals surface area contributed by atoms with Crippen molar-refractivity contribution in [2.75, 3.05) is 37.0 Å². The molecule has 0 unspecified atom stereocenters. The summed E-state index contributed by atoms with van der Waals surface area (Å²) in [6, 6.07) is 13.5. The van der Waals surface area contributed by atoms with Crippen LogP contribution in [0.3, 0.4) is 0 Å². The summed E-state index contributed by atoms with van der Waals surface area (Å²) in [5.41, 5.74) is 0.928. The Morgan fingerprint density at radius 2 is 1.81 bits per heavy atom. The lowest BCUT2D eigenvalue weighted by Crippen LogP contribution is -2.25. The van der Waals surface area contributed by atoms with Crippen LogP contribution in [-0.4, -0.2) is 42.7 Å². The number of nitrogens with zero attached hydrogens (tertiary/aromatic N) is 3. The summed E-state index contributed by atoms with van der Waals surface area (Å²) >= 11 is 0. The average Bonchev–Trinajstić information content (AvgIpc) is 2.82. The van der Waals surface area contributed by atoms with Crippen LogP contribution in [-0.2, 0) is 0 Å². The van der Waals surface area contributed by atoms with Gasteiger partial charge < -0.3 is 19.7 Å². The Hall–Kier alpha value is -3.35. The number of hydrogen-bond acceptors (Lipinski definition) is 6. The van der Waals surface area contributed by atoms with Gasteiger partial charge in [-0.3, -0.25) is 4.79 Å². The highest BCUT2D eigenvalue weighted by atomic mass is 16.5. The number of carbonyl (C=O) groups is 1. The van der Waals surface area contributed by atoms with Crippen LogP contribution in [0.5, 0.6) is 11.8 Å². The standard InChI is InChI=1S/C25H32N4O3/c1-5-8-11-14-32-25-27-22(17-23(28-25)29(6-2)7-3)24(30)26-21-16-19(31-4)15-18-12-9-10-13-20(18)21/h9-10,12-13,15-17H,5-8,11,14H2,1-4H3,(H,26,30). The number of hydrogen-bond donors (Lipinski definition) is 1. The summed E-state index contributed by atoms with van der Waals surface area (Å²) < 4.78 is 11.2. The van der Waals surface area contributed by atoms with Gasteiger partial charge in [-0.05, 0) is 31.7 Å². The van der Waals surface area contributed by atoms with Crippen LogP contribution < -0.4 is 19.7 Å². The smallest absolute Gasteiger partial charge is 0.319 e. The molecule has 0 aliphatic carbocycles. The first-order valence-corrected chi connectivity index (χ1v) is 11.2. The van der Waals surface area contributed by atoms with Crippen molar-refractivity contribution in [1.29, 1.82) is 0 Å². The van der Waals surface area contributed by atoms with Gasteiger partial charge in [0.25, 0.3) is 5.91 Å². The molecule has 7 nitrogen and oxygen atoms in total. The van der Waals surface area contributed by atoms with Gasteiger partial charge in [0.05, 0.1) is 19.4 Å². The van der Waals surface area contributed by atoms with Crippen LogP contribution in [0.15, 0.2) is 42.5 Å². The van der Waals surface area contributed by atoms with Gasteiger partial charge in [-0.25, -0.2) is 0 Å². The lowest BCUT2D eigenvalue weighted by atomic mass is 10.1. The van der Waals surface area contributed by atoms with Gasteiger partial charge >= 0.3 is 6.01 Å². The van der Waals surface area contributed by atoms with E-state index >= 15 is 0 Å². The van der Waals surface area contributed by atoms with Gasteiger partial charge in [-0.15, -0.1) is 0 Å². The second kappa shape index (κ2) is 11.3. The zero-order chi connectivity index (χ0) is 22.9. The second-order valence-electron chi connectivity index (χ2n) is 7.47. The summed E-state index contributed by atoms with van der Waals surface area (Å²) in [6.07, 6.45) is 3.10. The van der Waals surface area contributed by atoms with Crippen molar-refractivity contribution in [3.8, 4) is 11.8 Å². The minimum absolute atomic E-state index is 0.228. The Morgan fingerprint density at radius 1 is 1.03 bits per heavy atom. The molecule has 170 valence electrons. The lowest BCUT2D eigenvalue weighted by Gasteiger charge is -2.20. The molecule has 0 saturated heterocycles. The number of methoxy groups -OCH3 is 1. The summed E-state index contributed by atoms with van der Waals surface area (Å²) in [5, 5.41) is 4.91. The number of anilines is 2. The van der Waals surface area contributed by atoms with E-state index in [-0.39, 0.29) is 17.6 Å². The molecular formula is C25H32N4O3. The van der Waals surface area contributed by atoms with Gasteiger partial charge in [0.1, 0.15) is 17.3 Å². The molecule has 0 atom stereocenters. The van der Waals surface area contributed by atoms with E-state index in [1.165, 1.54) is 0 Å². The average molecular weight is 437 g/mol. The normalized spacial score (nSPS) is 10.8. The molecule has 3 rings (SSSR count). The first kappa shape index (κ1) is 23.3. The number of carbonyl (C=O) groups excluding carboxylic acids is 1. The molecule has 0 aliphatic rings. The molecule has 1 aromatic heterocycles. The second-order valence-corrected chi connectivity index (χ2v) is 7.47. The molecule has 2 aromatic carbocycles. The fraction of sp³-hybridized carbons (Fsp3) is 0.400. The molecule has 1 amide bonds. The number of ether oxygens (including phenoxy) is 2. The molecule has 0 spiro atoms. The largest absolute Gasteiger partial charge is 0.497 e. The molecule has 1 N–H and O–H groups in total. The number of amides is 1. The predicted molar refractivity (Wildman–Crippen MR) is 129 cm³/mol. The first-order chi connectivity index (χ1) is 15.6. The molecule has 0 saturated carbocycles. The third-order valence-electron chi connectivity index (χ3n) is 5.31. The molecule has 32 heavy (non-hydrogen) atoms. The van der Waals surface area contributed by atoms with E-state index in [2.05, 4.69) is 41.0 Å². The van der Waals surface area contributed by atoms with Gasteiger partial charge in [0, 0.05) is 30.6 Å². The van der Waals surface area contributed by atoms with Gasteiger partial charge in [-0.1, -0.05) is 44.0 Å². The molecule has 1 heterocycles. The number of fused-ring (bicyclic) bond motifs is 1. The maximum atomic E-state index is 13.2. The fourth-order valence-corrected chi connectivity index (χ4v) is 3.51. The number of nitrogens with one attached hydrogen (secondary N) is 1. The molecule has 0 radical (unpaired) electrons. The number of rotatable bonds is 11. The van der Waals surface area contributed by atoms with Gasteiger partial charge in [0.15, 0.2) is 0 Å². The van der Waals surface area contributed by atoms with Crippen molar-refractivity contribution in [1.82, 2.24) is 9.97 Å². The Balaban J connectivity index is 1.92. The Labute approximate surface area is 189 Å². The maximum Gasteiger partial charge on any atom is 0.319 e. The number of unbranched alkanes of at least 4 members (excludes halogenated alkanes) is 2. The minimum Gasteiger partial charge on any atom is -0.497 e. The molecule has 0 bridgehead atoms. The number of benzene rings is 2. The van der Waals surface area contributed by atoms with Crippen molar-refractivity contribution in [2.45, 2.75) is 40.0 Å².